The Morgan fingerprint density at radius 3 is 2.66 bits per heavy atom. The summed E-state index contributed by atoms with van der Waals surface area (Å²) in [6.45, 7) is 0.246. The van der Waals surface area contributed by atoms with Gasteiger partial charge in [-0.15, -0.1) is 0 Å². The normalized spacial score (nSPS) is 10.7. The molecule has 0 radical (unpaired) electrons. The molecule has 0 amide bonds. The SMILES string of the molecule is COC(=O)c1nc(-c2ccc(Cl)c(N(C)C)c2F)nc(NCc2ccco2)c1Cl. The largest absolute Gasteiger partial charge is 0.467 e. The van der Waals surface area contributed by atoms with Crippen molar-refractivity contribution in [3.05, 3.63) is 57.8 Å². The smallest absolute Gasteiger partial charge is 0.358 e. The van der Waals surface area contributed by atoms with Crippen LogP contribution < -0.4 is 10.2 Å². The maximum Gasteiger partial charge on any atom is 0.358 e. The molecule has 2 aromatic heterocycles. The number of anilines is 2. The Morgan fingerprint density at radius 2 is 2.03 bits per heavy atom. The number of hydrogen-bond acceptors (Lipinski definition) is 7. The van der Waals surface area contributed by atoms with E-state index in [1.54, 1.807) is 26.2 Å². The summed E-state index contributed by atoms with van der Waals surface area (Å²) in [7, 11) is 4.52. The van der Waals surface area contributed by atoms with Crippen LogP contribution in [0.4, 0.5) is 15.9 Å². The Labute approximate surface area is 176 Å². The molecule has 0 saturated carbocycles. The second-order valence-electron chi connectivity index (χ2n) is 6.13. The number of aromatic nitrogens is 2. The number of nitrogens with zero attached hydrogens (tertiary/aromatic N) is 3. The molecule has 0 atom stereocenters. The number of esters is 1. The summed E-state index contributed by atoms with van der Waals surface area (Å²) in [6.07, 6.45) is 1.52. The Bertz CT molecular complexity index is 1040. The monoisotopic (exact) mass is 438 g/mol. The first kappa shape index (κ1) is 20.9. The molecular weight excluding hydrogens is 422 g/mol. The van der Waals surface area contributed by atoms with E-state index in [1.807, 2.05) is 0 Å². The lowest BCUT2D eigenvalue weighted by molar-refractivity contribution is 0.0594. The number of benzene rings is 1. The second kappa shape index (κ2) is 8.67. The molecule has 0 bridgehead atoms. The highest BCUT2D eigenvalue weighted by molar-refractivity contribution is 6.35. The molecule has 0 saturated heterocycles. The van der Waals surface area contributed by atoms with Gasteiger partial charge < -0.3 is 19.4 Å². The number of furan rings is 1. The third kappa shape index (κ3) is 4.28. The molecule has 0 aliphatic heterocycles. The minimum Gasteiger partial charge on any atom is -0.467 e. The molecule has 0 spiro atoms. The summed E-state index contributed by atoms with van der Waals surface area (Å²) in [5.41, 5.74) is 0.0373. The minimum atomic E-state index is -0.776. The van der Waals surface area contributed by atoms with Gasteiger partial charge in [-0.25, -0.2) is 19.2 Å². The van der Waals surface area contributed by atoms with Gasteiger partial charge in [0, 0.05) is 14.1 Å². The number of hydrogen-bond donors (Lipinski definition) is 1. The van der Waals surface area contributed by atoms with Gasteiger partial charge in [-0.3, -0.25) is 0 Å². The standard InChI is InChI=1S/C19H17Cl2FN4O3/c1-26(2)16-12(20)7-6-11(14(16)22)17-24-15(19(27)28-3)13(21)18(25-17)23-9-10-5-4-8-29-10/h4-8H,9H2,1-3H3,(H,23,24,25). The molecule has 10 heteroatoms. The van der Waals surface area contributed by atoms with Crippen molar-refractivity contribution in [1.82, 2.24) is 9.97 Å². The van der Waals surface area contributed by atoms with Gasteiger partial charge in [-0.1, -0.05) is 23.2 Å². The third-order valence-electron chi connectivity index (χ3n) is 4.00. The molecule has 0 unspecified atom stereocenters. The average Bonchev–Trinajstić information content (AvgIpc) is 3.20. The average molecular weight is 439 g/mol. The molecule has 3 aromatic rings. The van der Waals surface area contributed by atoms with Gasteiger partial charge >= 0.3 is 5.97 Å². The molecule has 0 aliphatic rings. The van der Waals surface area contributed by atoms with Crippen molar-refractivity contribution in [1.29, 1.82) is 0 Å². The predicted octanol–water partition coefficient (Wildman–Crippen LogP) is 4.65. The van der Waals surface area contributed by atoms with Crippen LogP contribution in [0.3, 0.4) is 0 Å². The van der Waals surface area contributed by atoms with E-state index in [0.717, 1.165) is 0 Å². The van der Waals surface area contributed by atoms with Crippen molar-refractivity contribution in [3.8, 4) is 11.4 Å². The van der Waals surface area contributed by atoms with Crippen LogP contribution >= 0.6 is 23.2 Å². The van der Waals surface area contributed by atoms with Gasteiger partial charge in [0.1, 0.15) is 16.6 Å². The van der Waals surface area contributed by atoms with Crippen molar-refractivity contribution in [2.45, 2.75) is 6.54 Å². The van der Waals surface area contributed by atoms with Crippen LogP contribution in [0.2, 0.25) is 10.0 Å². The molecule has 0 aliphatic carbocycles. The van der Waals surface area contributed by atoms with Gasteiger partial charge in [0.25, 0.3) is 0 Å². The zero-order valence-corrected chi connectivity index (χ0v) is 17.3. The maximum atomic E-state index is 15.1. The summed E-state index contributed by atoms with van der Waals surface area (Å²) in [6, 6.07) is 6.45. The highest BCUT2D eigenvalue weighted by Crippen LogP contribution is 2.35. The number of ether oxygens (including phenoxy) is 1. The fraction of sp³-hybridized carbons (Fsp3) is 0.211. The number of halogens is 3. The lowest BCUT2D eigenvalue weighted by Crippen LogP contribution is -2.14. The Kier molecular flexibility index (Phi) is 6.24. The molecule has 29 heavy (non-hydrogen) atoms. The van der Waals surface area contributed by atoms with Crippen LogP contribution in [0.15, 0.2) is 34.9 Å². The first-order chi connectivity index (χ1) is 13.8. The highest BCUT2D eigenvalue weighted by atomic mass is 35.5. The van der Waals surface area contributed by atoms with E-state index in [-0.39, 0.29) is 45.2 Å². The van der Waals surface area contributed by atoms with Crippen molar-refractivity contribution in [2.24, 2.45) is 0 Å². The predicted molar refractivity (Wildman–Crippen MR) is 109 cm³/mol. The number of nitrogens with one attached hydrogen (secondary N) is 1. The topological polar surface area (TPSA) is 80.5 Å². The van der Waals surface area contributed by atoms with E-state index in [1.165, 1.54) is 30.4 Å². The van der Waals surface area contributed by atoms with Crippen LogP contribution in [0.5, 0.6) is 0 Å². The van der Waals surface area contributed by atoms with E-state index >= 15 is 4.39 Å². The number of methoxy groups -OCH3 is 1. The number of carbonyl (C=O) groups is 1. The summed E-state index contributed by atoms with van der Waals surface area (Å²) >= 11 is 12.4. The number of carbonyl (C=O) groups excluding carboxylic acids is 1. The van der Waals surface area contributed by atoms with E-state index < -0.39 is 11.8 Å². The van der Waals surface area contributed by atoms with Crippen LogP contribution in [-0.2, 0) is 11.3 Å². The lowest BCUT2D eigenvalue weighted by Gasteiger charge is -2.18. The fourth-order valence-electron chi connectivity index (χ4n) is 2.62. The first-order valence-electron chi connectivity index (χ1n) is 8.41. The second-order valence-corrected chi connectivity index (χ2v) is 6.92. The Morgan fingerprint density at radius 1 is 1.28 bits per heavy atom. The molecular formula is C19H17Cl2FN4O3. The zero-order valence-electron chi connectivity index (χ0n) is 15.8. The maximum absolute atomic E-state index is 15.1. The van der Waals surface area contributed by atoms with E-state index in [2.05, 4.69) is 15.3 Å². The minimum absolute atomic E-state index is 0.0469. The van der Waals surface area contributed by atoms with Gasteiger partial charge in [-0.05, 0) is 24.3 Å². The highest BCUT2D eigenvalue weighted by Gasteiger charge is 2.23. The van der Waals surface area contributed by atoms with E-state index in [9.17, 15) is 4.79 Å². The van der Waals surface area contributed by atoms with Crippen molar-refractivity contribution in [3.63, 3.8) is 0 Å². The van der Waals surface area contributed by atoms with E-state index in [4.69, 9.17) is 32.4 Å². The first-order valence-corrected chi connectivity index (χ1v) is 9.16. The number of rotatable bonds is 6. The molecule has 0 fully saturated rings. The summed E-state index contributed by atoms with van der Waals surface area (Å²) in [4.78, 5) is 22.1. The van der Waals surface area contributed by atoms with Crippen LogP contribution in [0.25, 0.3) is 11.4 Å². The zero-order chi connectivity index (χ0) is 21.1. The van der Waals surface area contributed by atoms with Crippen LogP contribution in [-0.4, -0.2) is 37.1 Å². The summed E-state index contributed by atoms with van der Waals surface area (Å²) in [5.74, 6) is -0.698. The van der Waals surface area contributed by atoms with Gasteiger partial charge in [0.15, 0.2) is 17.3 Å². The molecule has 1 aromatic carbocycles. The Hall–Kier alpha value is -2.84. The van der Waals surface area contributed by atoms with Gasteiger partial charge in [-0.2, -0.15) is 0 Å². The van der Waals surface area contributed by atoms with Gasteiger partial charge in [0.2, 0.25) is 0 Å². The fourth-order valence-corrected chi connectivity index (χ4v) is 3.17. The molecule has 3 rings (SSSR count). The summed E-state index contributed by atoms with van der Waals surface area (Å²) in [5, 5.41) is 3.15. The van der Waals surface area contributed by atoms with Crippen molar-refractivity contribution >= 4 is 40.7 Å². The molecule has 152 valence electrons. The summed E-state index contributed by atoms with van der Waals surface area (Å²) < 4.78 is 25.1. The Balaban J connectivity index is 2.12. The van der Waals surface area contributed by atoms with Crippen LogP contribution in [0, 0.1) is 5.82 Å². The van der Waals surface area contributed by atoms with Crippen molar-refractivity contribution < 1.29 is 18.3 Å². The molecule has 1 N–H and O–H groups in total. The van der Waals surface area contributed by atoms with E-state index in [0.29, 0.717) is 5.76 Å². The lowest BCUT2D eigenvalue weighted by atomic mass is 10.1. The third-order valence-corrected chi connectivity index (χ3v) is 4.66. The molecule has 7 nitrogen and oxygen atoms in total. The van der Waals surface area contributed by atoms with Crippen LogP contribution in [0.1, 0.15) is 16.2 Å². The van der Waals surface area contributed by atoms with Crippen molar-refractivity contribution in [2.75, 3.05) is 31.4 Å². The molecule has 2 heterocycles. The quantitative estimate of drug-likeness (QED) is 0.560. The van der Waals surface area contributed by atoms with Gasteiger partial charge in [0.05, 0.1) is 36.2 Å².